The number of urea groups is 1. The maximum absolute atomic E-state index is 12.2. The monoisotopic (exact) mass is 331 g/mol. The Hall–Kier alpha value is -1.62. The Balaban J connectivity index is 1.41. The molecule has 5 unspecified atom stereocenters. The minimum absolute atomic E-state index is 0.0107. The van der Waals surface area contributed by atoms with E-state index in [4.69, 9.17) is 0 Å². The maximum atomic E-state index is 12.2. The van der Waals surface area contributed by atoms with Crippen LogP contribution in [-0.4, -0.2) is 35.3 Å². The third kappa shape index (κ3) is 4.26. The predicted octanol–water partition coefficient (Wildman–Crippen LogP) is 2.36. The fourth-order valence-electron chi connectivity index (χ4n) is 4.52. The van der Waals surface area contributed by atoms with Gasteiger partial charge < -0.3 is 15.7 Å². The minimum atomic E-state index is -0.121. The molecule has 24 heavy (non-hydrogen) atoms. The van der Waals surface area contributed by atoms with Crippen LogP contribution in [0, 0.1) is 23.7 Å². The first-order chi connectivity index (χ1) is 11.7. The highest BCUT2D eigenvalue weighted by Gasteiger charge is 2.42. The normalized spacial score (nSPS) is 27.7. The molecule has 2 saturated carbocycles. The molecule has 0 radical (unpaired) electrons. The number of carbonyl (C=O) groups is 1. The summed E-state index contributed by atoms with van der Waals surface area (Å²) in [5, 5.41) is 15.5. The summed E-state index contributed by atoms with van der Waals surface area (Å²) in [5.41, 5.74) is 0.939. The van der Waals surface area contributed by atoms with E-state index >= 15 is 0 Å². The fourth-order valence-corrected chi connectivity index (χ4v) is 4.52. The van der Waals surface area contributed by atoms with Gasteiger partial charge in [0.2, 0.25) is 0 Å². The van der Waals surface area contributed by atoms with E-state index in [9.17, 15) is 9.90 Å². The number of aliphatic hydroxyl groups is 1. The van der Waals surface area contributed by atoms with Gasteiger partial charge in [0.15, 0.2) is 0 Å². The van der Waals surface area contributed by atoms with Crippen LogP contribution < -0.4 is 10.6 Å². The Morgan fingerprint density at radius 2 is 2.25 bits per heavy atom. The van der Waals surface area contributed by atoms with Crippen molar-refractivity contribution in [2.45, 2.75) is 45.1 Å². The maximum Gasteiger partial charge on any atom is 0.315 e. The van der Waals surface area contributed by atoms with Crippen LogP contribution in [0.25, 0.3) is 0 Å². The average Bonchev–Trinajstić information content (AvgIpc) is 3.22. The van der Waals surface area contributed by atoms with Crippen molar-refractivity contribution in [2.75, 3.05) is 13.2 Å². The third-order valence-electron chi connectivity index (χ3n) is 5.83. The van der Waals surface area contributed by atoms with Gasteiger partial charge >= 0.3 is 6.03 Å². The third-order valence-corrected chi connectivity index (χ3v) is 5.83. The molecule has 5 heteroatoms. The second kappa shape index (κ2) is 7.97. The number of pyridine rings is 1. The van der Waals surface area contributed by atoms with Crippen molar-refractivity contribution in [1.29, 1.82) is 0 Å². The molecule has 2 amide bonds. The fraction of sp³-hybridized carbons (Fsp3) is 0.684. The van der Waals surface area contributed by atoms with Crippen molar-refractivity contribution in [1.82, 2.24) is 15.6 Å². The van der Waals surface area contributed by atoms with Crippen LogP contribution in [0.15, 0.2) is 24.4 Å². The molecule has 0 aliphatic heterocycles. The van der Waals surface area contributed by atoms with Crippen LogP contribution >= 0.6 is 0 Å². The summed E-state index contributed by atoms with van der Waals surface area (Å²) in [4.78, 5) is 16.4. The van der Waals surface area contributed by atoms with Crippen molar-refractivity contribution < 1.29 is 9.90 Å². The Morgan fingerprint density at radius 3 is 2.88 bits per heavy atom. The highest BCUT2D eigenvalue weighted by atomic mass is 16.3. The molecule has 0 saturated heterocycles. The van der Waals surface area contributed by atoms with Crippen molar-refractivity contribution in [3.63, 3.8) is 0 Å². The van der Waals surface area contributed by atoms with E-state index in [0.29, 0.717) is 18.9 Å². The molecule has 2 fully saturated rings. The lowest BCUT2D eigenvalue weighted by molar-refractivity contribution is 0.205. The molecule has 3 rings (SSSR count). The number of aromatic nitrogens is 1. The standard InChI is InChI=1S/C19H29N3O2/c1-13(18-10-14-5-6-16(18)8-14)22-19(24)21-11-15(12-23)9-17-4-2-3-7-20-17/h2-4,7,13-16,18,23H,5-6,8-12H2,1H3,(H2,21,22,24). The van der Waals surface area contributed by atoms with Gasteiger partial charge in [-0.25, -0.2) is 4.79 Å². The molecule has 3 N–H and O–H groups in total. The smallest absolute Gasteiger partial charge is 0.315 e. The summed E-state index contributed by atoms with van der Waals surface area (Å²) in [6, 6.07) is 5.86. The van der Waals surface area contributed by atoms with Gasteiger partial charge in [-0.3, -0.25) is 4.98 Å². The summed E-state index contributed by atoms with van der Waals surface area (Å²) in [5.74, 6) is 2.32. The van der Waals surface area contributed by atoms with Crippen LogP contribution in [0.4, 0.5) is 4.79 Å². The van der Waals surface area contributed by atoms with Gasteiger partial charge in [0.25, 0.3) is 0 Å². The van der Waals surface area contributed by atoms with Gasteiger partial charge in [-0.2, -0.15) is 0 Å². The van der Waals surface area contributed by atoms with Crippen LogP contribution in [-0.2, 0) is 6.42 Å². The zero-order valence-electron chi connectivity index (χ0n) is 14.4. The number of carbonyl (C=O) groups excluding carboxylic acids is 1. The van der Waals surface area contributed by atoms with E-state index < -0.39 is 0 Å². The van der Waals surface area contributed by atoms with Gasteiger partial charge in [-0.15, -0.1) is 0 Å². The van der Waals surface area contributed by atoms with E-state index in [-0.39, 0.29) is 24.6 Å². The van der Waals surface area contributed by atoms with E-state index in [2.05, 4.69) is 22.5 Å². The average molecular weight is 331 g/mol. The Morgan fingerprint density at radius 1 is 1.38 bits per heavy atom. The largest absolute Gasteiger partial charge is 0.396 e. The highest BCUT2D eigenvalue weighted by molar-refractivity contribution is 5.74. The molecule has 132 valence electrons. The number of aliphatic hydroxyl groups excluding tert-OH is 1. The SMILES string of the molecule is CC(NC(=O)NCC(CO)Cc1ccccn1)C1CC2CCC1C2. The lowest BCUT2D eigenvalue weighted by Gasteiger charge is -2.28. The lowest BCUT2D eigenvalue weighted by Crippen LogP contribution is -2.46. The van der Waals surface area contributed by atoms with Crippen molar-refractivity contribution in [3.05, 3.63) is 30.1 Å². The second-order valence-electron chi connectivity index (χ2n) is 7.56. The van der Waals surface area contributed by atoms with Gasteiger partial charge in [-0.05, 0) is 62.5 Å². The molecule has 1 aromatic heterocycles. The molecule has 2 aliphatic rings. The van der Waals surface area contributed by atoms with Crippen LogP contribution in [0.1, 0.15) is 38.3 Å². The van der Waals surface area contributed by atoms with Gasteiger partial charge in [-0.1, -0.05) is 12.5 Å². The second-order valence-corrected chi connectivity index (χ2v) is 7.56. The molecular formula is C19H29N3O2. The number of amides is 2. The van der Waals surface area contributed by atoms with Crippen molar-refractivity contribution in [2.24, 2.45) is 23.7 Å². The first-order valence-electron chi connectivity index (χ1n) is 9.20. The number of hydrogen-bond acceptors (Lipinski definition) is 3. The van der Waals surface area contributed by atoms with Crippen LogP contribution in [0.3, 0.4) is 0 Å². The first kappa shape index (κ1) is 17.2. The molecule has 2 bridgehead atoms. The first-order valence-corrected chi connectivity index (χ1v) is 9.20. The van der Waals surface area contributed by atoms with Gasteiger partial charge in [0.1, 0.15) is 0 Å². The van der Waals surface area contributed by atoms with Gasteiger partial charge in [0.05, 0.1) is 0 Å². The highest BCUT2D eigenvalue weighted by Crippen LogP contribution is 2.49. The molecule has 1 heterocycles. The Labute approximate surface area is 144 Å². The number of nitrogens with zero attached hydrogens (tertiary/aromatic N) is 1. The Bertz CT molecular complexity index is 537. The summed E-state index contributed by atoms with van der Waals surface area (Å²) in [6.45, 7) is 2.63. The topological polar surface area (TPSA) is 74.2 Å². The molecule has 0 spiro atoms. The summed E-state index contributed by atoms with van der Waals surface area (Å²) in [7, 11) is 0. The minimum Gasteiger partial charge on any atom is -0.396 e. The molecule has 2 aliphatic carbocycles. The van der Waals surface area contributed by atoms with E-state index in [1.165, 1.54) is 25.7 Å². The van der Waals surface area contributed by atoms with Crippen LogP contribution in [0.2, 0.25) is 0 Å². The summed E-state index contributed by atoms with van der Waals surface area (Å²) < 4.78 is 0. The zero-order chi connectivity index (χ0) is 16.9. The zero-order valence-corrected chi connectivity index (χ0v) is 14.4. The predicted molar refractivity (Wildman–Crippen MR) is 93.5 cm³/mol. The molecule has 1 aromatic rings. The number of nitrogens with one attached hydrogen (secondary N) is 2. The number of fused-ring (bicyclic) bond motifs is 2. The summed E-state index contributed by atoms with van der Waals surface area (Å²) >= 11 is 0. The summed E-state index contributed by atoms with van der Waals surface area (Å²) in [6.07, 6.45) is 7.76. The van der Waals surface area contributed by atoms with E-state index in [0.717, 1.165) is 17.5 Å². The van der Waals surface area contributed by atoms with Crippen molar-refractivity contribution >= 4 is 6.03 Å². The molecular weight excluding hydrogens is 302 g/mol. The Kier molecular flexibility index (Phi) is 5.72. The van der Waals surface area contributed by atoms with Crippen LogP contribution in [0.5, 0.6) is 0 Å². The van der Waals surface area contributed by atoms with Gasteiger partial charge in [0, 0.05) is 37.0 Å². The molecule has 0 aromatic carbocycles. The van der Waals surface area contributed by atoms with E-state index in [1.54, 1.807) is 6.20 Å². The molecule has 5 atom stereocenters. The molecule has 5 nitrogen and oxygen atoms in total. The number of rotatable bonds is 7. The quantitative estimate of drug-likeness (QED) is 0.718. The van der Waals surface area contributed by atoms with E-state index in [1.807, 2.05) is 18.2 Å². The lowest BCUT2D eigenvalue weighted by atomic mass is 9.84. The van der Waals surface area contributed by atoms with Crippen molar-refractivity contribution in [3.8, 4) is 0 Å². The number of hydrogen-bond donors (Lipinski definition) is 3.